The Morgan fingerprint density at radius 3 is 2.43 bits per heavy atom. The van der Waals surface area contributed by atoms with E-state index in [1.807, 2.05) is 0 Å². The number of hydrogen-bond acceptors (Lipinski definition) is 5. The fourth-order valence-corrected chi connectivity index (χ4v) is 1.99. The average Bonchev–Trinajstić information content (AvgIpc) is 2.89. The summed E-state index contributed by atoms with van der Waals surface area (Å²) >= 11 is 0. The van der Waals surface area contributed by atoms with Crippen molar-refractivity contribution in [2.75, 3.05) is 0 Å². The SMILES string of the molecule is Oc1cccc(O)c1-c1nc(Cc2ccccc2F)no1. The van der Waals surface area contributed by atoms with Crippen molar-refractivity contribution in [3.63, 3.8) is 0 Å². The first-order valence-corrected chi connectivity index (χ1v) is 6.22. The van der Waals surface area contributed by atoms with Crippen molar-refractivity contribution in [1.29, 1.82) is 0 Å². The summed E-state index contributed by atoms with van der Waals surface area (Å²) in [5.41, 5.74) is 0.496. The first-order valence-electron chi connectivity index (χ1n) is 6.22. The Kier molecular flexibility index (Phi) is 3.27. The summed E-state index contributed by atoms with van der Waals surface area (Å²) in [6, 6.07) is 10.6. The lowest BCUT2D eigenvalue weighted by Gasteiger charge is -2.01. The van der Waals surface area contributed by atoms with E-state index in [0.29, 0.717) is 5.56 Å². The molecule has 1 aromatic heterocycles. The summed E-state index contributed by atoms with van der Waals surface area (Å²) in [7, 11) is 0. The number of phenolic OH excluding ortho intramolecular Hbond substituents is 2. The van der Waals surface area contributed by atoms with Crippen LogP contribution in [0.3, 0.4) is 0 Å². The molecule has 0 spiro atoms. The molecule has 6 heteroatoms. The number of rotatable bonds is 3. The van der Waals surface area contributed by atoms with Crippen LogP contribution < -0.4 is 0 Å². The van der Waals surface area contributed by atoms with Gasteiger partial charge in [0.15, 0.2) is 5.82 Å². The molecular formula is C15H11FN2O3. The van der Waals surface area contributed by atoms with Crippen molar-refractivity contribution < 1.29 is 19.1 Å². The van der Waals surface area contributed by atoms with Gasteiger partial charge in [0.1, 0.15) is 22.9 Å². The molecule has 0 amide bonds. The number of nitrogens with zero attached hydrogens (tertiary/aromatic N) is 2. The van der Waals surface area contributed by atoms with Gasteiger partial charge in [-0.25, -0.2) is 4.39 Å². The molecule has 2 aromatic carbocycles. The minimum Gasteiger partial charge on any atom is -0.507 e. The third-order valence-electron chi connectivity index (χ3n) is 3.01. The van der Waals surface area contributed by atoms with Gasteiger partial charge < -0.3 is 14.7 Å². The Morgan fingerprint density at radius 2 is 1.71 bits per heavy atom. The van der Waals surface area contributed by atoms with Gasteiger partial charge in [0.25, 0.3) is 5.89 Å². The third kappa shape index (κ3) is 2.55. The molecular weight excluding hydrogens is 275 g/mol. The molecule has 0 aliphatic heterocycles. The number of halogens is 1. The Labute approximate surface area is 119 Å². The Morgan fingerprint density at radius 1 is 1.00 bits per heavy atom. The molecule has 0 atom stereocenters. The second kappa shape index (κ2) is 5.24. The molecule has 3 aromatic rings. The van der Waals surface area contributed by atoms with Crippen molar-refractivity contribution in [1.82, 2.24) is 10.1 Å². The maximum Gasteiger partial charge on any atom is 0.265 e. The number of aromatic hydroxyl groups is 2. The topological polar surface area (TPSA) is 79.4 Å². The van der Waals surface area contributed by atoms with Gasteiger partial charge >= 0.3 is 0 Å². The number of phenols is 2. The molecule has 0 unspecified atom stereocenters. The fourth-order valence-electron chi connectivity index (χ4n) is 1.99. The van der Waals surface area contributed by atoms with Gasteiger partial charge in [-0.2, -0.15) is 4.98 Å². The van der Waals surface area contributed by atoms with Crippen LogP contribution in [0, 0.1) is 5.82 Å². The van der Waals surface area contributed by atoms with E-state index in [1.165, 1.54) is 24.3 Å². The zero-order chi connectivity index (χ0) is 14.8. The normalized spacial score (nSPS) is 10.7. The molecule has 2 N–H and O–H groups in total. The van der Waals surface area contributed by atoms with E-state index >= 15 is 0 Å². The molecule has 0 bridgehead atoms. The summed E-state index contributed by atoms with van der Waals surface area (Å²) in [6.45, 7) is 0. The Balaban J connectivity index is 1.92. The summed E-state index contributed by atoms with van der Waals surface area (Å²) in [5, 5.41) is 23.2. The van der Waals surface area contributed by atoms with Crippen LogP contribution in [0.4, 0.5) is 4.39 Å². The molecule has 0 radical (unpaired) electrons. The van der Waals surface area contributed by atoms with Crippen molar-refractivity contribution in [2.45, 2.75) is 6.42 Å². The van der Waals surface area contributed by atoms with Gasteiger partial charge in [-0.05, 0) is 23.8 Å². The van der Waals surface area contributed by atoms with Crippen molar-refractivity contribution in [2.24, 2.45) is 0 Å². The number of aromatic nitrogens is 2. The quantitative estimate of drug-likeness (QED) is 0.774. The van der Waals surface area contributed by atoms with Gasteiger partial charge in [-0.1, -0.05) is 29.4 Å². The van der Waals surface area contributed by atoms with E-state index in [9.17, 15) is 14.6 Å². The molecule has 1 heterocycles. The first kappa shape index (κ1) is 13.1. The molecule has 21 heavy (non-hydrogen) atoms. The van der Waals surface area contributed by atoms with Crippen molar-refractivity contribution >= 4 is 0 Å². The molecule has 106 valence electrons. The van der Waals surface area contributed by atoms with Gasteiger partial charge in [0.2, 0.25) is 0 Å². The lowest BCUT2D eigenvalue weighted by Crippen LogP contribution is -1.94. The minimum absolute atomic E-state index is 0.0167. The molecule has 0 saturated heterocycles. The lowest BCUT2D eigenvalue weighted by atomic mass is 10.1. The Hall–Kier alpha value is -2.89. The highest BCUT2D eigenvalue weighted by Gasteiger charge is 2.17. The Bertz CT molecular complexity index is 766. The molecule has 0 saturated carbocycles. The monoisotopic (exact) mass is 286 g/mol. The van der Waals surface area contributed by atoms with Crippen LogP contribution in [0.1, 0.15) is 11.4 Å². The second-order valence-electron chi connectivity index (χ2n) is 4.46. The summed E-state index contributed by atoms with van der Waals surface area (Å²) in [4.78, 5) is 4.07. The lowest BCUT2D eigenvalue weighted by molar-refractivity contribution is 0.410. The largest absolute Gasteiger partial charge is 0.507 e. The zero-order valence-electron chi connectivity index (χ0n) is 10.8. The van der Waals surface area contributed by atoms with Crippen LogP contribution in [-0.4, -0.2) is 20.4 Å². The van der Waals surface area contributed by atoms with E-state index in [4.69, 9.17) is 4.52 Å². The van der Waals surface area contributed by atoms with E-state index in [2.05, 4.69) is 10.1 Å². The number of benzene rings is 2. The summed E-state index contributed by atoms with van der Waals surface area (Å²) < 4.78 is 18.6. The smallest absolute Gasteiger partial charge is 0.265 e. The number of hydrogen-bond donors (Lipinski definition) is 2. The van der Waals surface area contributed by atoms with Crippen molar-refractivity contribution in [3.05, 3.63) is 59.7 Å². The molecule has 3 rings (SSSR count). The molecule has 0 aliphatic carbocycles. The highest BCUT2D eigenvalue weighted by atomic mass is 19.1. The van der Waals surface area contributed by atoms with Gasteiger partial charge in [0, 0.05) is 6.42 Å². The maximum atomic E-state index is 13.6. The van der Waals surface area contributed by atoms with Gasteiger partial charge in [0.05, 0.1) is 0 Å². The van der Waals surface area contributed by atoms with E-state index in [0.717, 1.165) is 0 Å². The van der Waals surface area contributed by atoms with Crippen LogP contribution in [0.5, 0.6) is 11.5 Å². The van der Waals surface area contributed by atoms with E-state index in [-0.39, 0.29) is 41.0 Å². The van der Waals surface area contributed by atoms with Crippen molar-refractivity contribution in [3.8, 4) is 23.0 Å². The van der Waals surface area contributed by atoms with E-state index in [1.54, 1.807) is 18.2 Å². The van der Waals surface area contributed by atoms with Crippen LogP contribution >= 0.6 is 0 Å². The van der Waals surface area contributed by atoms with Crippen LogP contribution in [0.25, 0.3) is 11.5 Å². The maximum absolute atomic E-state index is 13.6. The van der Waals surface area contributed by atoms with Gasteiger partial charge in [-0.3, -0.25) is 0 Å². The zero-order valence-corrected chi connectivity index (χ0v) is 10.8. The predicted molar refractivity (Wildman–Crippen MR) is 72.3 cm³/mol. The summed E-state index contributed by atoms with van der Waals surface area (Å²) in [6.07, 6.45) is 0.157. The van der Waals surface area contributed by atoms with Crippen LogP contribution in [0.2, 0.25) is 0 Å². The predicted octanol–water partition coefficient (Wildman–Crippen LogP) is 2.88. The third-order valence-corrected chi connectivity index (χ3v) is 3.01. The van der Waals surface area contributed by atoms with Crippen LogP contribution in [-0.2, 0) is 6.42 Å². The first-order chi connectivity index (χ1) is 10.1. The highest BCUT2D eigenvalue weighted by molar-refractivity contribution is 5.69. The molecule has 0 fully saturated rings. The van der Waals surface area contributed by atoms with Gasteiger partial charge in [-0.15, -0.1) is 0 Å². The second-order valence-corrected chi connectivity index (χ2v) is 4.46. The van der Waals surface area contributed by atoms with E-state index < -0.39 is 0 Å². The summed E-state index contributed by atoms with van der Waals surface area (Å²) in [5.74, 6) is -0.448. The van der Waals surface area contributed by atoms with Crippen LogP contribution in [0.15, 0.2) is 47.0 Å². The minimum atomic E-state index is -0.353. The highest BCUT2D eigenvalue weighted by Crippen LogP contribution is 2.35. The fraction of sp³-hybridized carbons (Fsp3) is 0.0667. The standard InChI is InChI=1S/C15H11FN2O3/c16-10-5-2-1-4-9(10)8-13-17-15(21-18-13)14-11(19)6-3-7-12(14)20/h1-7,19-20H,8H2. The molecule has 5 nitrogen and oxygen atoms in total. The average molecular weight is 286 g/mol. The molecule has 0 aliphatic rings.